The van der Waals surface area contributed by atoms with E-state index in [4.69, 9.17) is 4.74 Å². The van der Waals surface area contributed by atoms with Gasteiger partial charge < -0.3 is 9.64 Å². The van der Waals surface area contributed by atoms with Gasteiger partial charge in [0, 0.05) is 13.1 Å². The number of hydrogen-bond acceptors (Lipinski definition) is 2. The van der Waals surface area contributed by atoms with Gasteiger partial charge in [0.1, 0.15) is 0 Å². The van der Waals surface area contributed by atoms with Crippen LogP contribution in [0.25, 0.3) is 0 Å². The molecule has 0 aromatic rings. The number of carbonyl (C=O) groups excluding carboxylic acids is 1. The largest absolute Gasteiger partial charge is 0.450 e. The highest BCUT2D eigenvalue weighted by molar-refractivity contribution is 5.67. The van der Waals surface area contributed by atoms with Crippen LogP contribution in [-0.4, -0.2) is 30.7 Å². The SMILES string of the molecule is CCOC(=O)N1CCCC(C)CC1. The summed E-state index contributed by atoms with van der Waals surface area (Å²) >= 11 is 0. The lowest BCUT2D eigenvalue weighted by molar-refractivity contribution is 0.108. The molecule has 1 heterocycles. The summed E-state index contributed by atoms with van der Waals surface area (Å²) in [6.07, 6.45) is 3.31. The third-order valence-corrected chi connectivity index (χ3v) is 2.54. The summed E-state index contributed by atoms with van der Waals surface area (Å²) in [5.41, 5.74) is 0. The van der Waals surface area contributed by atoms with Crippen LogP contribution in [0.1, 0.15) is 33.1 Å². The molecule has 1 rings (SSSR count). The molecule has 0 spiro atoms. The third kappa shape index (κ3) is 3.25. The minimum absolute atomic E-state index is 0.142. The Hall–Kier alpha value is -0.730. The molecular formula is C10H19NO2. The molecule has 0 radical (unpaired) electrons. The van der Waals surface area contributed by atoms with Gasteiger partial charge in [0.05, 0.1) is 6.61 Å². The Morgan fingerprint density at radius 1 is 1.46 bits per heavy atom. The van der Waals surface area contributed by atoms with Crippen molar-refractivity contribution in [1.29, 1.82) is 0 Å². The lowest BCUT2D eigenvalue weighted by Gasteiger charge is -2.19. The summed E-state index contributed by atoms with van der Waals surface area (Å²) < 4.78 is 4.96. The number of rotatable bonds is 1. The van der Waals surface area contributed by atoms with E-state index in [0.717, 1.165) is 31.8 Å². The van der Waals surface area contributed by atoms with Crippen molar-refractivity contribution in [2.45, 2.75) is 33.1 Å². The first-order valence-electron chi connectivity index (χ1n) is 5.15. The number of ether oxygens (including phenoxy) is 1. The molecule has 1 fully saturated rings. The monoisotopic (exact) mass is 185 g/mol. The molecular weight excluding hydrogens is 166 g/mol. The molecule has 0 bridgehead atoms. The lowest BCUT2D eigenvalue weighted by Crippen LogP contribution is -2.32. The molecule has 0 aromatic heterocycles. The summed E-state index contributed by atoms with van der Waals surface area (Å²) in [4.78, 5) is 13.2. The fraction of sp³-hybridized carbons (Fsp3) is 0.900. The quantitative estimate of drug-likeness (QED) is 0.627. The third-order valence-electron chi connectivity index (χ3n) is 2.54. The molecule has 0 saturated carbocycles. The second-order valence-electron chi connectivity index (χ2n) is 3.72. The van der Waals surface area contributed by atoms with Gasteiger partial charge in [-0.3, -0.25) is 0 Å². The van der Waals surface area contributed by atoms with Gasteiger partial charge in [-0.25, -0.2) is 4.79 Å². The van der Waals surface area contributed by atoms with E-state index in [1.54, 1.807) is 0 Å². The van der Waals surface area contributed by atoms with E-state index in [2.05, 4.69) is 6.92 Å². The van der Waals surface area contributed by atoms with Gasteiger partial charge in [-0.05, 0) is 32.1 Å². The standard InChI is InChI=1S/C10H19NO2/c1-3-13-10(12)11-7-4-5-9(2)6-8-11/h9H,3-8H2,1-2H3. The van der Waals surface area contributed by atoms with Crippen LogP contribution in [-0.2, 0) is 4.74 Å². The minimum Gasteiger partial charge on any atom is -0.450 e. The molecule has 76 valence electrons. The molecule has 1 aliphatic rings. The van der Waals surface area contributed by atoms with Crippen LogP contribution in [0.5, 0.6) is 0 Å². The van der Waals surface area contributed by atoms with Crippen LogP contribution < -0.4 is 0 Å². The number of nitrogens with zero attached hydrogens (tertiary/aromatic N) is 1. The van der Waals surface area contributed by atoms with Gasteiger partial charge in [0.2, 0.25) is 0 Å². The Kier molecular flexibility index (Phi) is 4.06. The van der Waals surface area contributed by atoms with E-state index in [1.165, 1.54) is 6.42 Å². The molecule has 1 unspecified atom stereocenters. The van der Waals surface area contributed by atoms with Gasteiger partial charge in [-0.1, -0.05) is 6.92 Å². The average molecular weight is 185 g/mol. The smallest absolute Gasteiger partial charge is 0.409 e. The van der Waals surface area contributed by atoms with Gasteiger partial charge in [0.25, 0.3) is 0 Å². The van der Waals surface area contributed by atoms with E-state index >= 15 is 0 Å². The zero-order chi connectivity index (χ0) is 9.68. The molecule has 3 nitrogen and oxygen atoms in total. The van der Waals surface area contributed by atoms with Crippen molar-refractivity contribution in [3.63, 3.8) is 0 Å². The first-order chi connectivity index (χ1) is 6.24. The molecule has 3 heteroatoms. The van der Waals surface area contributed by atoms with Crippen molar-refractivity contribution < 1.29 is 9.53 Å². The van der Waals surface area contributed by atoms with Gasteiger partial charge in [-0.2, -0.15) is 0 Å². The highest BCUT2D eigenvalue weighted by Gasteiger charge is 2.18. The number of hydrogen-bond donors (Lipinski definition) is 0. The molecule has 0 N–H and O–H groups in total. The Labute approximate surface area is 80.1 Å². The molecule has 13 heavy (non-hydrogen) atoms. The normalized spacial score (nSPS) is 23.8. The number of amides is 1. The van der Waals surface area contributed by atoms with Gasteiger partial charge in [-0.15, -0.1) is 0 Å². The Morgan fingerprint density at radius 3 is 2.92 bits per heavy atom. The fourth-order valence-corrected chi connectivity index (χ4v) is 1.66. The zero-order valence-electron chi connectivity index (χ0n) is 8.58. The molecule has 1 saturated heterocycles. The Bertz CT molecular complexity index is 170. The summed E-state index contributed by atoms with van der Waals surface area (Å²) in [6.45, 7) is 6.29. The highest BCUT2D eigenvalue weighted by atomic mass is 16.6. The van der Waals surface area contributed by atoms with Crippen molar-refractivity contribution in [3.05, 3.63) is 0 Å². The van der Waals surface area contributed by atoms with E-state index < -0.39 is 0 Å². The fourth-order valence-electron chi connectivity index (χ4n) is 1.66. The summed E-state index contributed by atoms with van der Waals surface area (Å²) in [5.74, 6) is 0.749. The maximum absolute atomic E-state index is 11.4. The number of likely N-dealkylation sites (tertiary alicyclic amines) is 1. The van der Waals surface area contributed by atoms with E-state index in [1.807, 2.05) is 11.8 Å². The second kappa shape index (κ2) is 5.10. The van der Waals surface area contributed by atoms with E-state index in [-0.39, 0.29) is 6.09 Å². The van der Waals surface area contributed by atoms with Crippen molar-refractivity contribution in [2.24, 2.45) is 5.92 Å². The maximum Gasteiger partial charge on any atom is 0.409 e. The van der Waals surface area contributed by atoms with Crippen molar-refractivity contribution in [3.8, 4) is 0 Å². The van der Waals surface area contributed by atoms with Crippen LogP contribution in [0.2, 0.25) is 0 Å². The highest BCUT2D eigenvalue weighted by Crippen LogP contribution is 2.16. The molecule has 1 aliphatic heterocycles. The van der Waals surface area contributed by atoms with Crippen LogP contribution in [0, 0.1) is 5.92 Å². The summed E-state index contributed by atoms with van der Waals surface area (Å²) in [7, 11) is 0. The van der Waals surface area contributed by atoms with Crippen LogP contribution in [0.3, 0.4) is 0 Å². The van der Waals surface area contributed by atoms with Crippen molar-refractivity contribution >= 4 is 6.09 Å². The van der Waals surface area contributed by atoms with Crippen LogP contribution in [0.15, 0.2) is 0 Å². The first-order valence-corrected chi connectivity index (χ1v) is 5.15. The Balaban J connectivity index is 2.37. The average Bonchev–Trinajstić information content (AvgIpc) is 2.30. The first kappa shape index (κ1) is 10.4. The van der Waals surface area contributed by atoms with Gasteiger partial charge in [0.15, 0.2) is 0 Å². The predicted octanol–water partition coefficient (Wildman–Crippen LogP) is 2.26. The lowest BCUT2D eigenvalue weighted by atomic mass is 10.0. The molecule has 1 atom stereocenters. The van der Waals surface area contributed by atoms with Crippen molar-refractivity contribution in [1.82, 2.24) is 4.90 Å². The van der Waals surface area contributed by atoms with Crippen LogP contribution >= 0.6 is 0 Å². The minimum atomic E-state index is -0.142. The van der Waals surface area contributed by atoms with Crippen molar-refractivity contribution in [2.75, 3.05) is 19.7 Å². The van der Waals surface area contributed by atoms with E-state index in [0.29, 0.717) is 6.61 Å². The predicted molar refractivity (Wildman–Crippen MR) is 51.6 cm³/mol. The number of carbonyl (C=O) groups is 1. The zero-order valence-corrected chi connectivity index (χ0v) is 8.58. The van der Waals surface area contributed by atoms with Gasteiger partial charge >= 0.3 is 6.09 Å². The summed E-state index contributed by atoms with van der Waals surface area (Å²) in [5, 5.41) is 0. The topological polar surface area (TPSA) is 29.5 Å². The molecule has 0 aliphatic carbocycles. The molecule has 1 amide bonds. The Morgan fingerprint density at radius 2 is 2.23 bits per heavy atom. The maximum atomic E-state index is 11.4. The summed E-state index contributed by atoms with van der Waals surface area (Å²) in [6, 6.07) is 0. The van der Waals surface area contributed by atoms with Crippen LogP contribution in [0.4, 0.5) is 4.79 Å². The molecule has 0 aromatic carbocycles. The van der Waals surface area contributed by atoms with E-state index in [9.17, 15) is 4.79 Å². The second-order valence-corrected chi connectivity index (χ2v) is 3.72.